The molecule has 0 unspecified atom stereocenters. The molecule has 0 aliphatic carbocycles. The van der Waals surface area contributed by atoms with Crippen LogP contribution in [0.3, 0.4) is 0 Å². The summed E-state index contributed by atoms with van der Waals surface area (Å²) in [6.07, 6.45) is 1.49. The smallest absolute Gasteiger partial charge is 0.329 e. The van der Waals surface area contributed by atoms with E-state index in [0.717, 1.165) is 22.1 Å². The van der Waals surface area contributed by atoms with Gasteiger partial charge in [0.05, 0.1) is 25.6 Å². The fourth-order valence-corrected chi connectivity index (χ4v) is 2.49. The van der Waals surface area contributed by atoms with Crippen molar-refractivity contribution >= 4 is 28.3 Å². The third-order valence-electron chi connectivity index (χ3n) is 4.00. The largest absolute Gasteiger partial charge is 0.497 e. The first-order valence-corrected chi connectivity index (χ1v) is 8.30. The molecule has 3 aromatic rings. The number of nitrogens with one attached hydrogen (secondary N) is 2. The Balaban J connectivity index is 1.63. The number of ether oxygens (including phenoxy) is 1. The average molecular weight is 365 g/mol. The van der Waals surface area contributed by atoms with Gasteiger partial charge in [0, 0.05) is 0 Å². The van der Waals surface area contributed by atoms with E-state index in [9.17, 15) is 9.59 Å². The Labute approximate surface area is 156 Å². The van der Waals surface area contributed by atoms with Crippen molar-refractivity contribution in [3.63, 3.8) is 0 Å². The van der Waals surface area contributed by atoms with Crippen LogP contribution in [0.15, 0.2) is 64.3 Å². The van der Waals surface area contributed by atoms with E-state index < -0.39 is 11.8 Å². The molecule has 0 aliphatic heterocycles. The number of nitrogens with zero attached hydrogens (tertiary/aromatic N) is 1. The molecule has 0 spiro atoms. The summed E-state index contributed by atoms with van der Waals surface area (Å²) in [5, 5.41) is 8.52. The van der Waals surface area contributed by atoms with Crippen molar-refractivity contribution in [2.75, 3.05) is 7.11 Å². The number of carbonyl (C=O) groups excluding carboxylic acids is 2. The van der Waals surface area contributed by atoms with Gasteiger partial charge in [0.25, 0.3) is 0 Å². The van der Waals surface area contributed by atoms with Gasteiger partial charge in [-0.2, -0.15) is 5.10 Å². The number of amides is 2. The number of rotatable bonds is 5. The minimum atomic E-state index is -0.841. The summed E-state index contributed by atoms with van der Waals surface area (Å²) in [5.41, 5.74) is 3.68. The Kier molecular flexibility index (Phi) is 5.51. The Morgan fingerprint density at radius 2 is 1.85 bits per heavy atom. The third kappa shape index (κ3) is 4.52. The SMILES string of the molecule is COc1ccc2cc(/C(C)=N\NC(=O)C(=O)NCc3ccco3)ccc2c1. The molecule has 1 aromatic heterocycles. The molecule has 138 valence electrons. The van der Waals surface area contributed by atoms with Crippen molar-refractivity contribution in [3.8, 4) is 5.75 Å². The molecule has 3 rings (SSSR count). The minimum Gasteiger partial charge on any atom is -0.497 e. The fourth-order valence-electron chi connectivity index (χ4n) is 2.49. The van der Waals surface area contributed by atoms with Gasteiger partial charge < -0.3 is 14.5 Å². The summed E-state index contributed by atoms with van der Waals surface area (Å²) in [6.45, 7) is 1.89. The number of fused-ring (bicyclic) bond motifs is 1. The summed E-state index contributed by atoms with van der Waals surface area (Å²) in [7, 11) is 1.62. The number of methoxy groups -OCH3 is 1. The van der Waals surface area contributed by atoms with Gasteiger partial charge >= 0.3 is 11.8 Å². The van der Waals surface area contributed by atoms with Crippen LogP contribution in [0.25, 0.3) is 10.8 Å². The van der Waals surface area contributed by atoms with E-state index in [2.05, 4.69) is 15.8 Å². The lowest BCUT2D eigenvalue weighted by atomic mass is 10.0. The van der Waals surface area contributed by atoms with Crippen LogP contribution in [-0.2, 0) is 16.1 Å². The van der Waals surface area contributed by atoms with Gasteiger partial charge in [-0.15, -0.1) is 0 Å². The van der Waals surface area contributed by atoms with Gasteiger partial charge in [0.2, 0.25) is 0 Å². The molecule has 27 heavy (non-hydrogen) atoms. The van der Waals surface area contributed by atoms with Crippen LogP contribution in [0.2, 0.25) is 0 Å². The first-order valence-electron chi connectivity index (χ1n) is 8.30. The summed E-state index contributed by atoms with van der Waals surface area (Å²) < 4.78 is 10.3. The molecule has 2 N–H and O–H groups in total. The highest BCUT2D eigenvalue weighted by molar-refractivity contribution is 6.35. The topological polar surface area (TPSA) is 92.9 Å². The molecule has 0 fully saturated rings. The first kappa shape index (κ1) is 18.2. The molecule has 2 aromatic carbocycles. The maximum atomic E-state index is 11.8. The average Bonchev–Trinajstić information content (AvgIpc) is 3.22. The summed E-state index contributed by atoms with van der Waals surface area (Å²) >= 11 is 0. The highest BCUT2D eigenvalue weighted by Crippen LogP contribution is 2.22. The number of benzene rings is 2. The Morgan fingerprint density at radius 3 is 2.59 bits per heavy atom. The number of furan rings is 1. The summed E-state index contributed by atoms with van der Waals surface area (Å²) in [4.78, 5) is 23.6. The highest BCUT2D eigenvalue weighted by Gasteiger charge is 2.13. The maximum absolute atomic E-state index is 11.8. The van der Waals surface area contributed by atoms with Gasteiger partial charge in [0.1, 0.15) is 11.5 Å². The van der Waals surface area contributed by atoms with Crippen LogP contribution in [0.4, 0.5) is 0 Å². The van der Waals surface area contributed by atoms with E-state index in [4.69, 9.17) is 9.15 Å². The predicted octanol–water partition coefficient (Wildman–Crippen LogP) is 2.60. The second-order valence-electron chi connectivity index (χ2n) is 5.83. The maximum Gasteiger partial charge on any atom is 0.329 e. The van der Waals surface area contributed by atoms with Crippen LogP contribution in [0.1, 0.15) is 18.2 Å². The quantitative estimate of drug-likeness (QED) is 0.413. The fraction of sp³-hybridized carbons (Fsp3) is 0.150. The van der Waals surface area contributed by atoms with Crippen molar-refractivity contribution in [2.24, 2.45) is 5.10 Å². The lowest BCUT2D eigenvalue weighted by Crippen LogP contribution is -2.37. The molecular weight excluding hydrogens is 346 g/mol. The van der Waals surface area contributed by atoms with Crippen LogP contribution >= 0.6 is 0 Å². The summed E-state index contributed by atoms with van der Waals surface area (Å²) in [5.74, 6) is -0.280. The molecular formula is C20H19N3O4. The molecule has 0 aliphatic rings. The van der Waals surface area contributed by atoms with Gasteiger partial charge in [0.15, 0.2) is 0 Å². The first-order chi connectivity index (χ1) is 13.1. The zero-order chi connectivity index (χ0) is 19.2. The monoisotopic (exact) mass is 365 g/mol. The molecule has 0 radical (unpaired) electrons. The van der Waals surface area contributed by atoms with Crippen molar-refractivity contribution < 1.29 is 18.7 Å². The van der Waals surface area contributed by atoms with Crippen LogP contribution in [0.5, 0.6) is 5.75 Å². The number of hydrazone groups is 1. The zero-order valence-electron chi connectivity index (χ0n) is 15.0. The molecule has 0 saturated carbocycles. The molecule has 0 atom stereocenters. The van der Waals surface area contributed by atoms with Crippen molar-refractivity contribution in [1.82, 2.24) is 10.7 Å². The van der Waals surface area contributed by atoms with E-state index in [0.29, 0.717) is 11.5 Å². The number of carbonyl (C=O) groups is 2. The molecule has 0 bridgehead atoms. The Morgan fingerprint density at radius 1 is 1.07 bits per heavy atom. The second kappa shape index (κ2) is 8.18. The lowest BCUT2D eigenvalue weighted by molar-refractivity contribution is -0.139. The van der Waals surface area contributed by atoms with Gasteiger partial charge in [-0.25, -0.2) is 5.43 Å². The standard InChI is InChI=1S/C20H19N3O4/c1-13(14-5-6-16-11-17(26-2)8-7-15(16)10-14)22-23-20(25)19(24)21-12-18-4-3-9-27-18/h3-11H,12H2,1-2H3,(H,21,24)(H,23,25)/b22-13-. The van der Waals surface area contributed by atoms with E-state index in [1.165, 1.54) is 6.26 Å². The van der Waals surface area contributed by atoms with Gasteiger partial charge in [-0.05, 0) is 53.6 Å². The molecule has 0 saturated heterocycles. The van der Waals surface area contributed by atoms with Crippen LogP contribution in [-0.4, -0.2) is 24.6 Å². The van der Waals surface area contributed by atoms with E-state index in [-0.39, 0.29) is 6.54 Å². The molecule has 1 heterocycles. The van der Waals surface area contributed by atoms with Gasteiger partial charge in [-0.1, -0.05) is 18.2 Å². The van der Waals surface area contributed by atoms with Crippen molar-refractivity contribution in [3.05, 3.63) is 66.1 Å². The molecule has 7 heteroatoms. The Bertz CT molecular complexity index is 994. The van der Waals surface area contributed by atoms with Crippen molar-refractivity contribution in [2.45, 2.75) is 13.5 Å². The van der Waals surface area contributed by atoms with E-state index in [1.807, 2.05) is 36.4 Å². The molecule has 7 nitrogen and oxygen atoms in total. The minimum absolute atomic E-state index is 0.135. The summed E-state index contributed by atoms with van der Waals surface area (Å²) in [6, 6.07) is 15.0. The van der Waals surface area contributed by atoms with Gasteiger partial charge in [-0.3, -0.25) is 9.59 Å². The predicted molar refractivity (Wildman–Crippen MR) is 101 cm³/mol. The molecule has 2 amide bonds. The Hall–Kier alpha value is -3.61. The van der Waals surface area contributed by atoms with Crippen molar-refractivity contribution in [1.29, 1.82) is 0 Å². The van der Waals surface area contributed by atoms with Crippen LogP contribution < -0.4 is 15.5 Å². The second-order valence-corrected chi connectivity index (χ2v) is 5.83. The van der Waals surface area contributed by atoms with E-state index in [1.54, 1.807) is 26.2 Å². The third-order valence-corrected chi connectivity index (χ3v) is 4.00. The zero-order valence-corrected chi connectivity index (χ0v) is 15.0. The van der Waals surface area contributed by atoms with E-state index >= 15 is 0 Å². The van der Waals surface area contributed by atoms with Crippen LogP contribution in [0, 0.1) is 0 Å². The lowest BCUT2D eigenvalue weighted by Gasteiger charge is -2.06. The number of hydrogen-bond donors (Lipinski definition) is 2. The highest BCUT2D eigenvalue weighted by atomic mass is 16.5. The number of hydrogen-bond acceptors (Lipinski definition) is 5. The normalized spacial score (nSPS) is 11.3.